The van der Waals surface area contributed by atoms with Crippen LogP contribution in [0.2, 0.25) is 0 Å². The minimum Gasteiger partial charge on any atom is -0.494 e. The van der Waals surface area contributed by atoms with Gasteiger partial charge in [0.15, 0.2) is 12.4 Å². The molecule has 1 N–H and O–H groups in total. The van der Waals surface area contributed by atoms with Crippen molar-refractivity contribution in [3.8, 4) is 5.75 Å². The lowest BCUT2D eigenvalue weighted by Crippen LogP contribution is -2.48. The van der Waals surface area contributed by atoms with Crippen molar-refractivity contribution in [1.82, 2.24) is 5.32 Å². The predicted octanol–water partition coefficient (Wildman–Crippen LogP) is 3.53. The molecule has 4 aliphatic carbocycles. The average Bonchev–Trinajstić information content (AvgIpc) is 2.70. The molecule has 4 bridgehead atoms. The number of ketones is 1. The van der Waals surface area contributed by atoms with Crippen LogP contribution in [0.5, 0.6) is 5.75 Å². The quantitative estimate of drug-likeness (QED) is 0.495. The summed E-state index contributed by atoms with van der Waals surface area (Å²) in [6, 6.07) is 6.72. The molecule has 6 heteroatoms. The number of esters is 1. The molecule has 6 nitrogen and oxygen atoms in total. The normalized spacial score (nSPS) is 28.8. The minimum absolute atomic E-state index is 0.0771. The van der Waals surface area contributed by atoms with Gasteiger partial charge in [0.2, 0.25) is 5.91 Å². The van der Waals surface area contributed by atoms with E-state index in [1.807, 2.05) is 6.92 Å². The van der Waals surface area contributed by atoms with E-state index in [0.717, 1.165) is 37.0 Å². The third-order valence-electron chi connectivity index (χ3n) is 6.98. The van der Waals surface area contributed by atoms with Gasteiger partial charge in [0, 0.05) is 12.0 Å². The van der Waals surface area contributed by atoms with Gasteiger partial charge < -0.3 is 14.8 Å². The lowest BCUT2D eigenvalue weighted by atomic mass is 9.49. The number of amides is 1. The Morgan fingerprint density at radius 2 is 1.60 bits per heavy atom. The maximum absolute atomic E-state index is 12.5. The second kappa shape index (κ2) is 8.78. The van der Waals surface area contributed by atoms with Crippen molar-refractivity contribution in [2.75, 3.05) is 19.8 Å². The Labute approximate surface area is 177 Å². The summed E-state index contributed by atoms with van der Waals surface area (Å²) in [5.74, 6) is 2.12. The molecule has 30 heavy (non-hydrogen) atoms. The van der Waals surface area contributed by atoms with E-state index in [1.54, 1.807) is 24.3 Å². The summed E-state index contributed by atoms with van der Waals surface area (Å²) in [6.07, 6.45) is 8.02. The third-order valence-corrected chi connectivity index (χ3v) is 6.98. The fraction of sp³-hybridized carbons (Fsp3) is 0.625. The molecular weight excluding hydrogens is 382 g/mol. The molecule has 0 atom stereocenters. The molecule has 0 unspecified atom stereocenters. The van der Waals surface area contributed by atoms with Gasteiger partial charge >= 0.3 is 5.97 Å². The fourth-order valence-electron chi connectivity index (χ4n) is 6.26. The summed E-state index contributed by atoms with van der Waals surface area (Å²) in [7, 11) is 0. The van der Waals surface area contributed by atoms with Crippen LogP contribution < -0.4 is 10.1 Å². The van der Waals surface area contributed by atoms with Crippen LogP contribution in [0.1, 0.15) is 62.2 Å². The molecule has 4 aliphatic rings. The molecule has 0 heterocycles. The molecule has 0 radical (unpaired) electrons. The maximum atomic E-state index is 12.5. The lowest BCUT2D eigenvalue weighted by Gasteiger charge is -2.56. The molecule has 4 saturated carbocycles. The number of benzene rings is 1. The largest absolute Gasteiger partial charge is 0.494 e. The van der Waals surface area contributed by atoms with Crippen LogP contribution in [0.3, 0.4) is 0 Å². The number of ether oxygens (including phenoxy) is 2. The topological polar surface area (TPSA) is 81.7 Å². The van der Waals surface area contributed by atoms with Gasteiger partial charge in [-0.15, -0.1) is 0 Å². The molecule has 1 aromatic carbocycles. The Bertz CT molecular complexity index is 765. The number of carbonyl (C=O) groups excluding carboxylic acids is 3. The summed E-state index contributed by atoms with van der Waals surface area (Å²) in [4.78, 5) is 36.6. The number of hydrogen-bond donors (Lipinski definition) is 1. The summed E-state index contributed by atoms with van der Waals surface area (Å²) in [5, 5.41) is 2.70. The predicted molar refractivity (Wildman–Crippen MR) is 111 cm³/mol. The molecule has 1 amide bonds. The zero-order chi connectivity index (χ0) is 21.1. The monoisotopic (exact) mass is 413 g/mol. The first kappa shape index (κ1) is 20.9. The first-order valence-electron chi connectivity index (χ1n) is 11.1. The standard InChI is InChI=1S/C24H31NO5/c1-2-29-20-5-3-19(4-6-20)21(26)15-30-23(28)14-25-22(27)13-24-10-16-7-17(11-24)9-18(8-16)12-24/h3-6,16-18H,2,7-15H2,1H3,(H,25,27). The molecule has 5 rings (SSSR count). The SMILES string of the molecule is CCOc1ccc(C(=O)COC(=O)CNC(=O)CC23CC4CC(CC(C4)C2)C3)cc1. The van der Waals surface area contributed by atoms with Crippen LogP contribution in [-0.4, -0.2) is 37.4 Å². The number of rotatable bonds is 9. The van der Waals surface area contributed by atoms with Crippen LogP contribution in [0.25, 0.3) is 0 Å². The van der Waals surface area contributed by atoms with Gasteiger partial charge in [-0.05, 0) is 92.9 Å². The zero-order valence-corrected chi connectivity index (χ0v) is 17.7. The van der Waals surface area contributed by atoms with Crippen molar-refractivity contribution < 1.29 is 23.9 Å². The molecule has 1 aromatic rings. The van der Waals surface area contributed by atoms with E-state index < -0.39 is 5.97 Å². The van der Waals surface area contributed by atoms with E-state index in [9.17, 15) is 14.4 Å². The van der Waals surface area contributed by atoms with Gasteiger partial charge in [-0.25, -0.2) is 0 Å². The van der Waals surface area contributed by atoms with E-state index in [-0.39, 0.29) is 30.3 Å². The summed E-state index contributed by atoms with van der Waals surface area (Å²) >= 11 is 0. The van der Waals surface area contributed by atoms with Crippen molar-refractivity contribution in [1.29, 1.82) is 0 Å². The Morgan fingerprint density at radius 1 is 1.00 bits per heavy atom. The molecular formula is C24H31NO5. The van der Waals surface area contributed by atoms with Crippen LogP contribution >= 0.6 is 0 Å². The van der Waals surface area contributed by atoms with E-state index in [2.05, 4.69) is 5.32 Å². The molecule has 0 aliphatic heterocycles. The van der Waals surface area contributed by atoms with E-state index in [0.29, 0.717) is 24.3 Å². The lowest BCUT2D eigenvalue weighted by molar-refractivity contribution is -0.143. The second-order valence-corrected chi connectivity index (χ2v) is 9.41. The van der Waals surface area contributed by atoms with Gasteiger partial charge in [0.05, 0.1) is 6.61 Å². The van der Waals surface area contributed by atoms with Crippen LogP contribution in [0.15, 0.2) is 24.3 Å². The van der Waals surface area contributed by atoms with Gasteiger partial charge in [-0.3, -0.25) is 14.4 Å². The highest BCUT2D eigenvalue weighted by atomic mass is 16.5. The van der Waals surface area contributed by atoms with Crippen LogP contribution in [-0.2, 0) is 14.3 Å². The number of carbonyl (C=O) groups is 3. The minimum atomic E-state index is -0.590. The molecule has 0 spiro atoms. The fourth-order valence-corrected chi connectivity index (χ4v) is 6.26. The maximum Gasteiger partial charge on any atom is 0.325 e. The first-order valence-corrected chi connectivity index (χ1v) is 11.1. The molecule has 162 valence electrons. The van der Waals surface area contributed by atoms with Gasteiger partial charge in [0.25, 0.3) is 0 Å². The summed E-state index contributed by atoms with van der Waals surface area (Å²) in [5.41, 5.74) is 0.601. The molecule has 0 saturated heterocycles. The van der Waals surface area contributed by atoms with Crippen molar-refractivity contribution in [3.63, 3.8) is 0 Å². The molecule has 4 fully saturated rings. The summed E-state index contributed by atoms with van der Waals surface area (Å²) < 4.78 is 10.4. The van der Waals surface area contributed by atoms with Crippen LogP contribution in [0, 0.1) is 23.2 Å². The second-order valence-electron chi connectivity index (χ2n) is 9.41. The highest BCUT2D eigenvalue weighted by molar-refractivity contribution is 5.98. The van der Waals surface area contributed by atoms with E-state index >= 15 is 0 Å². The Balaban J connectivity index is 1.18. The van der Waals surface area contributed by atoms with Gasteiger partial charge in [-0.2, -0.15) is 0 Å². The third kappa shape index (κ3) is 4.85. The highest BCUT2D eigenvalue weighted by Gasteiger charge is 2.51. The Morgan fingerprint density at radius 3 is 2.17 bits per heavy atom. The van der Waals surface area contributed by atoms with E-state index in [4.69, 9.17) is 9.47 Å². The Hall–Kier alpha value is -2.37. The van der Waals surface area contributed by atoms with Crippen molar-refractivity contribution in [2.45, 2.75) is 51.9 Å². The summed E-state index contributed by atoms with van der Waals surface area (Å²) in [6.45, 7) is 1.92. The van der Waals surface area contributed by atoms with Gasteiger partial charge in [0.1, 0.15) is 12.3 Å². The average molecular weight is 414 g/mol. The number of nitrogens with one attached hydrogen (secondary N) is 1. The highest BCUT2D eigenvalue weighted by Crippen LogP contribution is 2.61. The van der Waals surface area contributed by atoms with E-state index in [1.165, 1.54) is 19.3 Å². The van der Waals surface area contributed by atoms with Crippen molar-refractivity contribution in [2.24, 2.45) is 23.2 Å². The molecule has 0 aromatic heterocycles. The van der Waals surface area contributed by atoms with Crippen molar-refractivity contribution in [3.05, 3.63) is 29.8 Å². The smallest absolute Gasteiger partial charge is 0.325 e. The van der Waals surface area contributed by atoms with Crippen LogP contribution in [0.4, 0.5) is 0 Å². The van der Waals surface area contributed by atoms with Crippen molar-refractivity contribution >= 4 is 17.7 Å². The zero-order valence-electron chi connectivity index (χ0n) is 17.7. The Kier molecular flexibility index (Phi) is 6.11. The van der Waals surface area contributed by atoms with Gasteiger partial charge in [-0.1, -0.05) is 0 Å². The number of Topliss-reactive ketones (excluding diaryl/α,β-unsaturated/α-hetero) is 1. The number of hydrogen-bond acceptors (Lipinski definition) is 5. The first-order chi connectivity index (χ1) is 14.4.